The number of aryl methyl sites for hydroxylation is 2. The SMILES string of the molecule is C=C(C)C(=O)OCC(COC(=O)C(=C)CO)Cc1ccc(CCc2ccc(C3CCC(CCCCC=C(F)F)CC3)cc2)cc1. The number of ether oxygens (including phenoxy) is 2. The number of rotatable bonds is 18. The van der Waals surface area contributed by atoms with E-state index < -0.39 is 24.6 Å². The Balaban J connectivity index is 1.44. The molecule has 0 heterocycles. The number of halogens is 2. The molecule has 2 aromatic rings. The molecule has 1 aliphatic carbocycles. The van der Waals surface area contributed by atoms with Crippen molar-refractivity contribution in [1.29, 1.82) is 0 Å². The predicted octanol–water partition coefficient (Wildman–Crippen LogP) is 8.46. The van der Waals surface area contributed by atoms with E-state index in [1.54, 1.807) is 6.92 Å². The van der Waals surface area contributed by atoms with Crippen LogP contribution >= 0.6 is 0 Å². The van der Waals surface area contributed by atoms with Gasteiger partial charge in [0.25, 0.3) is 6.08 Å². The maximum absolute atomic E-state index is 12.2. The first-order valence-electron chi connectivity index (χ1n) is 16.1. The second kappa shape index (κ2) is 19.1. The zero-order valence-electron chi connectivity index (χ0n) is 26.6. The summed E-state index contributed by atoms with van der Waals surface area (Å²) in [6.07, 6.45) is 10.2. The smallest absolute Gasteiger partial charge is 0.335 e. The molecule has 7 heteroatoms. The average Bonchev–Trinajstić information content (AvgIpc) is 3.05. The highest BCUT2D eigenvalue weighted by Gasteiger charge is 2.22. The van der Waals surface area contributed by atoms with E-state index >= 15 is 0 Å². The molecule has 0 aromatic heterocycles. The number of carbonyl (C=O) groups excluding carboxylic acids is 2. The van der Waals surface area contributed by atoms with Crippen LogP contribution in [0.5, 0.6) is 0 Å². The summed E-state index contributed by atoms with van der Waals surface area (Å²) in [7, 11) is 0. The number of esters is 2. The molecule has 0 spiro atoms. The van der Waals surface area contributed by atoms with Crippen LogP contribution < -0.4 is 0 Å². The Morgan fingerprint density at radius 1 is 0.867 bits per heavy atom. The van der Waals surface area contributed by atoms with Gasteiger partial charge in [0.15, 0.2) is 0 Å². The molecule has 45 heavy (non-hydrogen) atoms. The molecule has 0 aliphatic heterocycles. The molecular weight excluding hydrogens is 574 g/mol. The second-order valence-electron chi connectivity index (χ2n) is 12.4. The standard InChI is InChI=1S/C38H48F2O5/c1-27(2)37(42)44-25-33(26-45-38(43)28(3)24-41)23-32-13-11-30(12-14-32)9-10-31-17-21-35(22-18-31)34-19-15-29(16-20-34)7-5-4-6-8-36(39)40/h8,11-14,17-18,21-22,29,33-34,41H,1,3-7,9-10,15-16,19-20,23-26H2,2H3. The molecule has 1 aliphatic rings. The molecular formula is C38H48F2O5. The number of carbonyl (C=O) groups is 2. The molecule has 0 amide bonds. The van der Waals surface area contributed by atoms with Crippen LogP contribution in [0.4, 0.5) is 8.78 Å². The summed E-state index contributed by atoms with van der Waals surface area (Å²) in [6.45, 7) is 8.30. The van der Waals surface area contributed by atoms with E-state index in [0.29, 0.717) is 24.3 Å². The Labute approximate surface area is 267 Å². The molecule has 5 nitrogen and oxygen atoms in total. The quantitative estimate of drug-likeness (QED) is 0.103. The van der Waals surface area contributed by atoms with Crippen molar-refractivity contribution >= 4 is 11.9 Å². The Bertz CT molecular complexity index is 1270. The van der Waals surface area contributed by atoms with Crippen molar-refractivity contribution in [3.05, 3.63) is 107 Å². The van der Waals surface area contributed by atoms with Gasteiger partial charge in [-0.3, -0.25) is 0 Å². The van der Waals surface area contributed by atoms with Gasteiger partial charge in [-0.25, -0.2) is 9.59 Å². The minimum Gasteiger partial charge on any atom is -0.462 e. The lowest BCUT2D eigenvalue weighted by Crippen LogP contribution is -2.24. The van der Waals surface area contributed by atoms with Crippen LogP contribution in [0.25, 0.3) is 0 Å². The van der Waals surface area contributed by atoms with Crippen LogP contribution in [0.1, 0.15) is 86.5 Å². The van der Waals surface area contributed by atoms with E-state index in [4.69, 9.17) is 14.6 Å². The van der Waals surface area contributed by atoms with Crippen LogP contribution in [0, 0.1) is 11.8 Å². The fraction of sp³-hybridized carbons (Fsp3) is 0.474. The highest BCUT2D eigenvalue weighted by Crippen LogP contribution is 2.38. The maximum Gasteiger partial charge on any atom is 0.335 e. The number of aliphatic hydroxyl groups is 1. The van der Waals surface area contributed by atoms with Gasteiger partial charge in [0.1, 0.15) is 0 Å². The Kier molecular flexibility index (Phi) is 15.2. The van der Waals surface area contributed by atoms with Crippen molar-refractivity contribution in [2.45, 2.75) is 83.5 Å². The Morgan fingerprint density at radius 3 is 1.98 bits per heavy atom. The van der Waals surface area contributed by atoms with Gasteiger partial charge in [-0.2, -0.15) is 8.78 Å². The lowest BCUT2D eigenvalue weighted by Gasteiger charge is -2.29. The van der Waals surface area contributed by atoms with Gasteiger partial charge < -0.3 is 14.6 Å². The number of hydrogen-bond acceptors (Lipinski definition) is 5. The zero-order chi connectivity index (χ0) is 32.6. The van der Waals surface area contributed by atoms with Crippen LogP contribution in [-0.2, 0) is 38.3 Å². The second-order valence-corrected chi connectivity index (χ2v) is 12.4. The lowest BCUT2D eigenvalue weighted by atomic mass is 9.77. The van der Waals surface area contributed by atoms with Crippen molar-refractivity contribution in [2.75, 3.05) is 19.8 Å². The van der Waals surface area contributed by atoms with E-state index in [-0.39, 0.29) is 24.7 Å². The monoisotopic (exact) mass is 622 g/mol. The van der Waals surface area contributed by atoms with Crippen LogP contribution in [0.2, 0.25) is 0 Å². The summed E-state index contributed by atoms with van der Waals surface area (Å²) in [6, 6.07) is 17.4. The summed E-state index contributed by atoms with van der Waals surface area (Å²) in [5.41, 5.74) is 5.26. The average molecular weight is 623 g/mol. The summed E-state index contributed by atoms with van der Waals surface area (Å²) < 4.78 is 34.9. The Hall–Kier alpha value is -3.58. The van der Waals surface area contributed by atoms with Gasteiger partial charge in [0.05, 0.1) is 25.4 Å². The summed E-state index contributed by atoms with van der Waals surface area (Å²) in [5, 5.41) is 9.11. The van der Waals surface area contributed by atoms with Crippen LogP contribution in [0.3, 0.4) is 0 Å². The number of benzene rings is 2. The molecule has 1 saturated carbocycles. The molecule has 244 valence electrons. The summed E-state index contributed by atoms with van der Waals surface area (Å²) in [5.74, 6) is -0.0831. The third-order valence-corrected chi connectivity index (χ3v) is 8.64. The fourth-order valence-electron chi connectivity index (χ4n) is 5.84. The highest BCUT2D eigenvalue weighted by molar-refractivity contribution is 5.88. The number of unbranched alkanes of at least 4 members (excludes halogenated alkanes) is 2. The zero-order valence-corrected chi connectivity index (χ0v) is 26.6. The minimum absolute atomic E-state index is 0.0248. The van der Waals surface area contributed by atoms with Gasteiger partial charge in [-0.15, -0.1) is 0 Å². The third-order valence-electron chi connectivity index (χ3n) is 8.64. The molecule has 2 aromatic carbocycles. The van der Waals surface area contributed by atoms with Crippen molar-refractivity contribution in [2.24, 2.45) is 11.8 Å². The molecule has 1 atom stereocenters. The van der Waals surface area contributed by atoms with E-state index in [1.165, 1.54) is 42.4 Å². The van der Waals surface area contributed by atoms with Gasteiger partial charge >= 0.3 is 11.9 Å². The first kappa shape index (κ1) is 35.9. The van der Waals surface area contributed by atoms with Gasteiger partial charge in [0.2, 0.25) is 0 Å². The Morgan fingerprint density at radius 2 is 1.42 bits per heavy atom. The van der Waals surface area contributed by atoms with E-state index in [1.807, 2.05) is 0 Å². The third kappa shape index (κ3) is 13.1. The maximum atomic E-state index is 12.2. The fourth-order valence-corrected chi connectivity index (χ4v) is 5.84. The number of allylic oxidation sites excluding steroid dienone is 1. The molecule has 1 fully saturated rings. The lowest BCUT2D eigenvalue weighted by molar-refractivity contribution is -0.144. The van der Waals surface area contributed by atoms with Crippen molar-refractivity contribution in [3.8, 4) is 0 Å². The van der Waals surface area contributed by atoms with E-state index in [0.717, 1.165) is 49.7 Å². The molecule has 1 unspecified atom stereocenters. The van der Waals surface area contributed by atoms with Crippen LogP contribution in [-0.4, -0.2) is 36.9 Å². The van der Waals surface area contributed by atoms with Gasteiger partial charge in [-0.05, 0) is 105 Å². The van der Waals surface area contributed by atoms with Gasteiger partial charge in [-0.1, -0.05) is 74.5 Å². The molecule has 0 bridgehead atoms. The molecule has 3 rings (SSSR count). The molecule has 0 radical (unpaired) electrons. The van der Waals surface area contributed by atoms with E-state index in [2.05, 4.69) is 61.7 Å². The topological polar surface area (TPSA) is 72.8 Å². The number of hydrogen-bond donors (Lipinski definition) is 1. The largest absolute Gasteiger partial charge is 0.462 e. The molecule has 1 N–H and O–H groups in total. The van der Waals surface area contributed by atoms with Crippen molar-refractivity contribution < 1.29 is 33.0 Å². The first-order chi connectivity index (χ1) is 21.6. The number of aliphatic hydroxyl groups excluding tert-OH is 1. The first-order valence-corrected chi connectivity index (χ1v) is 16.1. The highest BCUT2D eigenvalue weighted by atomic mass is 19.3. The normalized spacial score (nSPS) is 16.8. The minimum atomic E-state index is -1.56. The van der Waals surface area contributed by atoms with E-state index in [9.17, 15) is 18.4 Å². The summed E-state index contributed by atoms with van der Waals surface area (Å²) >= 11 is 0. The van der Waals surface area contributed by atoms with Crippen molar-refractivity contribution in [1.82, 2.24) is 0 Å². The van der Waals surface area contributed by atoms with Gasteiger partial charge in [0, 0.05) is 11.5 Å². The summed E-state index contributed by atoms with van der Waals surface area (Å²) in [4.78, 5) is 23.9. The molecule has 0 saturated heterocycles. The van der Waals surface area contributed by atoms with Crippen molar-refractivity contribution in [3.63, 3.8) is 0 Å². The van der Waals surface area contributed by atoms with Crippen LogP contribution in [0.15, 0.2) is 85.0 Å². The predicted molar refractivity (Wildman–Crippen MR) is 174 cm³/mol.